The van der Waals surface area contributed by atoms with Crippen molar-refractivity contribution < 1.29 is 17.9 Å². The van der Waals surface area contributed by atoms with Crippen LogP contribution in [-0.4, -0.2) is 9.97 Å². The quantitative estimate of drug-likeness (QED) is 0.666. The fraction of sp³-hybridized carbons (Fsp3) is 0.333. The van der Waals surface area contributed by atoms with Gasteiger partial charge >= 0.3 is 6.18 Å². The molecule has 0 fully saturated rings. The Morgan fingerprint density at radius 2 is 2.11 bits per heavy atom. The van der Waals surface area contributed by atoms with E-state index in [1.54, 1.807) is 11.6 Å². The maximum Gasteiger partial charge on any atom is 0.418 e. The molecular weight excluding hydrogens is 379 g/mol. The zero-order valence-electron chi connectivity index (χ0n) is 14.4. The molecule has 5 nitrogen and oxygen atoms in total. The third-order valence-electron chi connectivity index (χ3n) is 4.53. The molecule has 3 heterocycles. The third kappa shape index (κ3) is 3.00. The van der Waals surface area contributed by atoms with E-state index in [2.05, 4.69) is 15.3 Å². The second-order valence-corrected chi connectivity index (χ2v) is 7.56. The molecule has 27 heavy (non-hydrogen) atoms. The molecule has 9 heteroatoms. The smallest absolute Gasteiger partial charge is 0.355 e. The summed E-state index contributed by atoms with van der Waals surface area (Å²) in [5.41, 5.74) is -0.859. The molecule has 2 unspecified atom stereocenters. The lowest BCUT2D eigenvalue weighted by Gasteiger charge is -2.17. The predicted octanol–water partition coefficient (Wildman–Crippen LogP) is 4.84. The van der Waals surface area contributed by atoms with Crippen LogP contribution in [0, 0.1) is 5.92 Å². The molecule has 0 bridgehead atoms. The van der Waals surface area contributed by atoms with Crippen LogP contribution in [0.15, 0.2) is 34.6 Å². The van der Waals surface area contributed by atoms with Crippen LogP contribution in [0.5, 0.6) is 0 Å². The van der Waals surface area contributed by atoms with Gasteiger partial charge < -0.3 is 15.0 Å². The highest BCUT2D eigenvalue weighted by atomic mass is 32.1. The van der Waals surface area contributed by atoms with Crippen LogP contribution in [0.25, 0.3) is 10.9 Å². The molecule has 4 rings (SSSR count). The number of fused-ring (bicyclic) bond motifs is 2. The van der Waals surface area contributed by atoms with E-state index in [0.717, 1.165) is 6.07 Å². The van der Waals surface area contributed by atoms with E-state index in [1.165, 1.54) is 23.5 Å². The van der Waals surface area contributed by atoms with Gasteiger partial charge in [0.25, 0.3) is 0 Å². The second-order valence-electron chi connectivity index (χ2n) is 6.67. The van der Waals surface area contributed by atoms with Crippen molar-refractivity contribution in [1.82, 2.24) is 9.97 Å². The summed E-state index contributed by atoms with van der Waals surface area (Å²) in [5.74, 6) is -0.0435. The Hall–Kier alpha value is -2.39. The number of hydrogen-bond acceptors (Lipinski definition) is 5. The second kappa shape index (κ2) is 6.35. The minimum atomic E-state index is -4.57. The summed E-state index contributed by atoms with van der Waals surface area (Å²) in [5, 5.41) is 5.39. The number of halogens is 3. The lowest BCUT2D eigenvalue weighted by molar-refractivity contribution is -0.136. The van der Waals surface area contributed by atoms with E-state index in [-0.39, 0.29) is 16.8 Å². The van der Waals surface area contributed by atoms with E-state index in [1.807, 2.05) is 13.8 Å². The van der Waals surface area contributed by atoms with Crippen molar-refractivity contribution in [3.05, 3.63) is 56.8 Å². The zero-order valence-corrected chi connectivity index (χ0v) is 15.2. The van der Waals surface area contributed by atoms with Crippen molar-refractivity contribution in [2.75, 3.05) is 5.32 Å². The first kappa shape index (κ1) is 18.0. The number of nitrogens with one attached hydrogen (secondary N) is 2. The Balaban J connectivity index is 1.94. The van der Waals surface area contributed by atoms with Crippen LogP contribution in [0.1, 0.15) is 43.0 Å². The summed E-state index contributed by atoms with van der Waals surface area (Å²) in [6.45, 7) is 3.77. The molecule has 1 aromatic carbocycles. The topological polar surface area (TPSA) is 67.0 Å². The monoisotopic (exact) mass is 395 g/mol. The number of aromatic nitrogens is 2. The molecule has 0 saturated heterocycles. The number of aromatic amines is 1. The van der Waals surface area contributed by atoms with Crippen molar-refractivity contribution in [3.8, 4) is 0 Å². The van der Waals surface area contributed by atoms with Crippen LogP contribution in [-0.2, 0) is 10.9 Å². The molecule has 3 aromatic rings. The van der Waals surface area contributed by atoms with Gasteiger partial charge in [-0.3, -0.25) is 4.79 Å². The van der Waals surface area contributed by atoms with Gasteiger partial charge in [-0.05, 0) is 18.1 Å². The summed E-state index contributed by atoms with van der Waals surface area (Å²) in [7, 11) is 0. The average Bonchev–Trinajstić information content (AvgIpc) is 3.22. The number of thiazole rings is 1. The standard InChI is InChI=1S/C18H16F3N3O2S/c1-8(2)15-13-11(16(26-15)24-17-22-6-7-27-17)14(25)9-4-3-5-10(12(9)23-13)18(19,20)21/h3-8,15-16H,1-2H3,(H,22,24)(H,23,25). The van der Waals surface area contributed by atoms with Gasteiger partial charge in [0.15, 0.2) is 16.8 Å². The minimum absolute atomic E-state index is 0.0116. The molecule has 0 spiro atoms. The Kier molecular flexibility index (Phi) is 4.23. The van der Waals surface area contributed by atoms with E-state index < -0.39 is 29.5 Å². The molecule has 2 aromatic heterocycles. The normalized spacial score (nSPS) is 19.6. The van der Waals surface area contributed by atoms with Crippen molar-refractivity contribution in [3.63, 3.8) is 0 Å². The van der Waals surface area contributed by atoms with Gasteiger partial charge in [-0.25, -0.2) is 4.98 Å². The van der Waals surface area contributed by atoms with Crippen molar-refractivity contribution >= 4 is 27.4 Å². The highest BCUT2D eigenvalue weighted by Crippen LogP contribution is 2.42. The van der Waals surface area contributed by atoms with Crippen molar-refractivity contribution in [2.45, 2.75) is 32.4 Å². The molecule has 2 N–H and O–H groups in total. The molecule has 142 valence electrons. The van der Waals surface area contributed by atoms with E-state index in [0.29, 0.717) is 16.4 Å². The molecular formula is C18H16F3N3O2S. The van der Waals surface area contributed by atoms with Crippen LogP contribution in [0.3, 0.4) is 0 Å². The molecule has 1 aliphatic rings. The fourth-order valence-corrected chi connectivity index (χ4v) is 3.90. The van der Waals surface area contributed by atoms with Gasteiger partial charge in [-0.15, -0.1) is 11.3 Å². The number of H-pyrrole nitrogens is 1. The van der Waals surface area contributed by atoms with Gasteiger partial charge in [0.05, 0.1) is 22.3 Å². The molecule has 0 radical (unpaired) electrons. The molecule has 0 amide bonds. The van der Waals surface area contributed by atoms with Crippen molar-refractivity contribution in [1.29, 1.82) is 0 Å². The van der Waals surface area contributed by atoms with Gasteiger partial charge in [-0.1, -0.05) is 19.9 Å². The van der Waals surface area contributed by atoms with Gasteiger partial charge in [0.1, 0.15) is 6.10 Å². The Labute approximate surface area is 156 Å². The number of ether oxygens (including phenoxy) is 1. The molecule has 0 aliphatic carbocycles. The maximum absolute atomic E-state index is 13.4. The third-order valence-corrected chi connectivity index (χ3v) is 5.24. The van der Waals surface area contributed by atoms with E-state index in [4.69, 9.17) is 4.74 Å². The van der Waals surface area contributed by atoms with Crippen LogP contribution < -0.4 is 10.7 Å². The number of alkyl halides is 3. The summed E-state index contributed by atoms with van der Waals surface area (Å²) in [6.07, 6.45) is -4.26. The maximum atomic E-state index is 13.4. The SMILES string of the molecule is CC(C)C1OC(Nc2nccs2)c2c1[nH]c1c(C(F)(F)F)cccc1c2=O. The number of rotatable bonds is 3. The van der Waals surface area contributed by atoms with Gasteiger partial charge in [0, 0.05) is 17.0 Å². The fourth-order valence-electron chi connectivity index (χ4n) is 3.35. The van der Waals surface area contributed by atoms with Crippen molar-refractivity contribution in [2.24, 2.45) is 5.92 Å². The highest BCUT2D eigenvalue weighted by molar-refractivity contribution is 7.13. The Bertz CT molecular complexity index is 1040. The minimum Gasteiger partial charge on any atom is -0.355 e. The number of para-hydroxylation sites is 1. The van der Waals surface area contributed by atoms with Crippen LogP contribution >= 0.6 is 11.3 Å². The zero-order chi connectivity index (χ0) is 19.3. The average molecular weight is 395 g/mol. The highest BCUT2D eigenvalue weighted by Gasteiger charge is 2.39. The number of anilines is 1. The van der Waals surface area contributed by atoms with E-state index >= 15 is 0 Å². The number of benzene rings is 1. The lowest BCUT2D eigenvalue weighted by atomic mass is 9.99. The number of nitrogens with zero attached hydrogens (tertiary/aromatic N) is 1. The predicted molar refractivity (Wildman–Crippen MR) is 96.7 cm³/mol. The molecule has 1 aliphatic heterocycles. The first-order valence-corrected chi connectivity index (χ1v) is 9.23. The summed E-state index contributed by atoms with van der Waals surface area (Å²) >= 11 is 1.35. The summed E-state index contributed by atoms with van der Waals surface area (Å²) in [4.78, 5) is 20.1. The first-order valence-electron chi connectivity index (χ1n) is 8.35. The van der Waals surface area contributed by atoms with Gasteiger partial charge in [-0.2, -0.15) is 13.2 Å². The first-order chi connectivity index (χ1) is 12.8. The van der Waals surface area contributed by atoms with E-state index in [9.17, 15) is 18.0 Å². The Morgan fingerprint density at radius 1 is 1.33 bits per heavy atom. The Morgan fingerprint density at radius 3 is 2.74 bits per heavy atom. The number of pyridine rings is 1. The molecule has 0 saturated carbocycles. The van der Waals surface area contributed by atoms with Crippen LogP contribution in [0.2, 0.25) is 0 Å². The summed E-state index contributed by atoms with van der Waals surface area (Å²) < 4.78 is 46.2. The number of hydrogen-bond donors (Lipinski definition) is 2. The molecule has 2 atom stereocenters. The lowest BCUT2D eigenvalue weighted by Crippen LogP contribution is -2.20. The van der Waals surface area contributed by atoms with Gasteiger partial charge in [0.2, 0.25) is 0 Å². The largest absolute Gasteiger partial charge is 0.418 e. The summed E-state index contributed by atoms with van der Waals surface area (Å²) in [6, 6.07) is 3.61. The van der Waals surface area contributed by atoms with Crippen LogP contribution in [0.4, 0.5) is 18.3 Å².